The molecule has 0 unspecified atom stereocenters. The van der Waals surface area contributed by atoms with Crippen LogP contribution in [-0.4, -0.2) is 21.0 Å². The average Bonchev–Trinajstić information content (AvgIpc) is 2.80. The van der Waals surface area contributed by atoms with Gasteiger partial charge >= 0.3 is 5.97 Å². The first-order valence-corrected chi connectivity index (χ1v) is 5.81. The van der Waals surface area contributed by atoms with Gasteiger partial charge < -0.3 is 9.52 Å². The average molecular weight is 296 g/mol. The van der Waals surface area contributed by atoms with Crippen molar-refractivity contribution in [3.05, 3.63) is 35.0 Å². The summed E-state index contributed by atoms with van der Waals surface area (Å²) >= 11 is 0. The summed E-state index contributed by atoms with van der Waals surface area (Å²) in [5, 5.41) is 9.33. The highest BCUT2D eigenvalue weighted by molar-refractivity contribution is 6.09. The first-order valence-electron chi connectivity index (χ1n) is 5.81. The second-order valence-electron chi connectivity index (χ2n) is 4.37. The molecule has 21 heavy (non-hydrogen) atoms. The van der Waals surface area contributed by atoms with Crippen LogP contribution in [0.1, 0.15) is 28.3 Å². The monoisotopic (exact) mass is 296 g/mol. The molecular formula is C13H7F3N2O3. The Hall–Kier alpha value is -2.64. The highest BCUT2D eigenvalue weighted by Gasteiger charge is 2.24. The lowest BCUT2D eigenvalue weighted by Crippen LogP contribution is -2.06. The summed E-state index contributed by atoms with van der Waals surface area (Å²) in [5.41, 5.74) is -0.800. The molecular weight excluding hydrogens is 289 g/mol. The van der Waals surface area contributed by atoms with Crippen LogP contribution in [0, 0.1) is 12.7 Å². The number of alkyl halides is 2. The van der Waals surface area contributed by atoms with E-state index in [1.807, 2.05) is 0 Å². The normalized spacial score (nSPS) is 11.7. The summed E-state index contributed by atoms with van der Waals surface area (Å²) < 4.78 is 44.4. The molecule has 0 atom stereocenters. The molecule has 5 nitrogen and oxygen atoms in total. The van der Waals surface area contributed by atoms with Crippen LogP contribution in [0.4, 0.5) is 13.2 Å². The molecule has 0 radical (unpaired) electrons. The van der Waals surface area contributed by atoms with E-state index in [0.29, 0.717) is 0 Å². The predicted octanol–water partition coefficient (Wildman–Crippen LogP) is 3.46. The van der Waals surface area contributed by atoms with Gasteiger partial charge in [-0.05, 0) is 19.1 Å². The molecule has 108 valence electrons. The molecule has 1 aromatic carbocycles. The molecule has 0 aliphatic rings. The molecule has 8 heteroatoms. The number of carboxylic acids is 1. The molecule has 2 heterocycles. The van der Waals surface area contributed by atoms with Gasteiger partial charge in [0.25, 0.3) is 6.43 Å². The van der Waals surface area contributed by atoms with Crippen molar-refractivity contribution < 1.29 is 27.5 Å². The van der Waals surface area contributed by atoms with Gasteiger partial charge in [0.05, 0.1) is 0 Å². The van der Waals surface area contributed by atoms with Gasteiger partial charge in [-0.15, -0.1) is 0 Å². The summed E-state index contributed by atoms with van der Waals surface area (Å²) in [6, 6.07) is 2.44. The van der Waals surface area contributed by atoms with Gasteiger partial charge in [-0.3, -0.25) is 0 Å². The Kier molecular flexibility index (Phi) is 2.82. The number of aryl methyl sites for hydroxylation is 1. The van der Waals surface area contributed by atoms with E-state index >= 15 is 0 Å². The largest absolute Gasteiger partial charge is 0.476 e. The fraction of sp³-hybridized carbons (Fsp3) is 0.154. The Bertz CT molecular complexity index is 889. The number of carboxylic acid groups (broad SMARTS) is 1. The van der Waals surface area contributed by atoms with Crippen molar-refractivity contribution in [3.8, 4) is 0 Å². The lowest BCUT2D eigenvalue weighted by atomic mass is 10.1. The van der Waals surface area contributed by atoms with Gasteiger partial charge in [-0.2, -0.15) is 0 Å². The topological polar surface area (TPSA) is 76.2 Å². The molecule has 3 rings (SSSR count). The molecule has 3 aromatic rings. The number of carbonyl (C=O) groups is 1. The smallest absolute Gasteiger partial charge is 0.358 e. The minimum absolute atomic E-state index is 0.0632. The van der Waals surface area contributed by atoms with Crippen LogP contribution in [0.25, 0.3) is 22.1 Å². The van der Waals surface area contributed by atoms with E-state index < -0.39 is 29.7 Å². The third-order valence-corrected chi connectivity index (χ3v) is 3.08. The first kappa shape index (κ1) is 13.3. The number of halogens is 3. The number of nitrogens with zero attached hydrogens (tertiary/aromatic N) is 2. The summed E-state index contributed by atoms with van der Waals surface area (Å²) in [6.07, 6.45) is -3.03. The number of aromatic nitrogens is 2. The van der Waals surface area contributed by atoms with Crippen LogP contribution in [0.5, 0.6) is 0 Å². The SMILES string of the molecule is Cc1c(F)ccc2c1oc1c(C(=O)O)nc(C(F)F)nc12. The maximum atomic E-state index is 13.5. The van der Waals surface area contributed by atoms with Crippen LogP contribution < -0.4 is 0 Å². The number of hydrogen-bond acceptors (Lipinski definition) is 4. The van der Waals surface area contributed by atoms with E-state index in [0.717, 1.165) is 6.07 Å². The highest BCUT2D eigenvalue weighted by atomic mass is 19.3. The van der Waals surface area contributed by atoms with Gasteiger partial charge in [0.2, 0.25) is 0 Å². The maximum absolute atomic E-state index is 13.5. The van der Waals surface area contributed by atoms with Crippen molar-refractivity contribution in [1.82, 2.24) is 9.97 Å². The zero-order chi connectivity index (χ0) is 15.3. The van der Waals surface area contributed by atoms with Gasteiger partial charge in [0, 0.05) is 10.9 Å². The van der Waals surface area contributed by atoms with Gasteiger partial charge in [0.15, 0.2) is 17.1 Å². The molecule has 0 aliphatic carbocycles. The highest BCUT2D eigenvalue weighted by Crippen LogP contribution is 2.33. The molecule has 0 aliphatic heterocycles. The van der Waals surface area contributed by atoms with Crippen molar-refractivity contribution >= 4 is 28.0 Å². The zero-order valence-corrected chi connectivity index (χ0v) is 10.5. The number of fused-ring (bicyclic) bond motifs is 3. The molecule has 2 aromatic heterocycles. The van der Waals surface area contributed by atoms with Gasteiger partial charge in [-0.1, -0.05) is 0 Å². The van der Waals surface area contributed by atoms with Crippen molar-refractivity contribution in [2.24, 2.45) is 0 Å². The Morgan fingerprint density at radius 1 is 1.29 bits per heavy atom. The van der Waals surface area contributed by atoms with Crippen LogP contribution in [0.2, 0.25) is 0 Å². The molecule has 0 bridgehead atoms. The Balaban J connectivity index is 2.51. The number of aromatic carboxylic acids is 1. The minimum Gasteiger partial charge on any atom is -0.476 e. The van der Waals surface area contributed by atoms with Gasteiger partial charge in [-0.25, -0.2) is 27.9 Å². The van der Waals surface area contributed by atoms with E-state index in [-0.39, 0.29) is 27.6 Å². The Morgan fingerprint density at radius 3 is 2.62 bits per heavy atom. The maximum Gasteiger partial charge on any atom is 0.358 e. The summed E-state index contributed by atoms with van der Waals surface area (Å²) in [7, 11) is 0. The summed E-state index contributed by atoms with van der Waals surface area (Å²) in [5.74, 6) is -2.99. The van der Waals surface area contributed by atoms with E-state index in [9.17, 15) is 18.0 Å². The van der Waals surface area contributed by atoms with E-state index in [2.05, 4.69) is 9.97 Å². The van der Waals surface area contributed by atoms with Crippen molar-refractivity contribution in [2.45, 2.75) is 13.3 Å². The van der Waals surface area contributed by atoms with Crippen LogP contribution >= 0.6 is 0 Å². The van der Waals surface area contributed by atoms with Crippen molar-refractivity contribution in [1.29, 1.82) is 0 Å². The standard InChI is InChI=1S/C13H7F3N2O3/c1-4-6(14)3-2-5-7-10(21-9(4)5)8(13(19)20)18-12(17-7)11(15)16/h2-3,11H,1H3,(H,19,20). The minimum atomic E-state index is -3.03. The third-order valence-electron chi connectivity index (χ3n) is 3.08. The number of benzene rings is 1. The second kappa shape index (κ2) is 4.44. The third kappa shape index (κ3) is 1.91. The fourth-order valence-corrected chi connectivity index (χ4v) is 2.08. The number of rotatable bonds is 2. The van der Waals surface area contributed by atoms with E-state index in [4.69, 9.17) is 9.52 Å². The lowest BCUT2D eigenvalue weighted by Gasteiger charge is -2.00. The van der Waals surface area contributed by atoms with E-state index in [1.54, 1.807) is 0 Å². The second-order valence-corrected chi connectivity index (χ2v) is 4.37. The number of furan rings is 1. The summed E-state index contributed by atoms with van der Waals surface area (Å²) in [4.78, 5) is 18.1. The molecule has 0 fully saturated rings. The molecule has 0 saturated heterocycles. The van der Waals surface area contributed by atoms with E-state index in [1.165, 1.54) is 13.0 Å². The molecule has 0 saturated carbocycles. The molecule has 0 amide bonds. The van der Waals surface area contributed by atoms with Crippen LogP contribution in [0.15, 0.2) is 16.5 Å². The van der Waals surface area contributed by atoms with Crippen LogP contribution in [-0.2, 0) is 0 Å². The zero-order valence-electron chi connectivity index (χ0n) is 10.5. The summed E-state index contributed by atoms with van der Waals surface area (Å²) in [6.45, 7) is 1.43. The molecule has 0 spiro atoms. The molecule has 1 N–H and O–H groups in total. The van der Waals surface area contributed by atoms with Crippen molar-refractivity contribution in [3.63, 3.8) is 0 Å². The van der Waals surface area contributed by atoms with Crippen LogP contribution in [0.3, 0.4) is 0 Å². The predicted molar refractivity (Wildman–Crippen MR) is 65.9 cm³/mol. The lowest BCUT2D eigenvalue weighted by molar-refractivity contribution is 0.0689. The number of hydrogen-bond donors (Lipinski definition) is 1. The Morgan fingerprint density at radius 2 is 2.00 bits per heavy atom. The Labute approximate surface area is 115 Å². The first-order chi connectivity index (χ1) is 9.90. The van der Waals surface area contributed by atoms with Gasteiger partial charge in [0.1, 0.15) is 16.9 Å². The quantitative estimate of drug-likeness (QED) is 0.783. The van der Waals surface area contributed by atoms with Crippen molar-refractivity contribution in [2.75, 3.05) is 0 Å². The fourth-order valence-electron chi connectivity index (χ4n) is 2.08.